The summed E-state index contributed by atoms with van der Waals surface area (Å²) in [7, 11) is 0. The largest absolute Gasteiger partial charge is 0.448 e. The molecule has 0 unspecified atom stereocenters. The molecule has 0 heterocycles. The molecule has 26 heavy (non-hydrogen) atoms. The fourth-order valence-corrected chi connectivity index (χ4v) is 3.89. The van der Waals surface area contributed by atoms with E-state index in [1.54, 1.807) is 4.90 Å². The molecule has 0 bridgehead atoms. The number of carbonyl (C=O) groups is 1. The Hall–Kier alpha value is -1.69. The fourth-order valence-electron chi connectivity index (χ4n) is 3.89. The van der Waals surface area contributed by atoms with E-state index in [9.17, 15) is 18.7 Å². The second-order valence-electron chi connectivity index (χ2n) is 9.10. The fraction of sp³-hybridized carbons (Fsp3) is 0.650. The van der Waals surface area contributed by atoms with Gasteiger partial charge >= 0.3 is 6.09 Å². The van der Waals surface area contributed by atoms with Gasteiger partial charge in [0.1, 0.15) is 18.2 Å². The molecule has 2 atom stereocenters. The number of rotatable bonds is 4. The average molecular weight is 369 g/mol. The first-order valence-corrected chi connectivity index (χ1v) is 8.86. The topological polar surface area (TPSA) is 49.8 Å². The van der Waals surface area contributed by atoms with Crippen LogP contribution >= 0.6 is 0 Å². The Bertz CT molecular complexity index is 665. The van der Waals surface area contributed by atoms with Crippen molar-refractivity contribution in [3.63, 3.8) is 0 Å². The molecule has 1 aromatic carbocycles. The molecule has 1 aliphatic rings. The van der Waals surface area contributed by atoms with Crippen molar-refractivity contribution in [3.8, 4) is 0 Å². The van der Waals surface area contributed by atoms with E-state index in [2.05, 4.69) is 0 Å². The zero-order valence-corrected chi connectivity index (χ0v) is 16.4. The van der Waals surface area contributed by atoms with Gasteiger partial charge in [0.15, 0.2) is 0 Å². The minimum absolute atomic E-state index is 0.0971. The van der Waals surface area contributed by atoms with Crippen LogP contribution in [-0.4, -0.2) is 40.4 Å². The van der Waals surface area contributed by atoms with Crippen molar-refractivity contribution in [3.05, 3.63) is 35.4 Å². The average Bonchev–Trinajstić information content (AvgIpc) is 3.19. The molecular formula is C20H29F2NO3. The predicted molar refractivity (Wildman–Crippen MR) is 95.9 cm³/mol. The summed E-state index contributed by atoms with van der Waals surface area (Å²) >= 11 is 0. The third-order valence-corrected chi connectivity index (χ3v) is 4.89. The number of amides is 1. The highest BCUT2D eigenvalue weighted by molar-refractivity contribution is 5.69. The van der Waals surface area contributed by atoms with E-state index in [0.717, 1.165) is 18.2 Å². The molecule has 0 aliphatic heterocycles. The Morgan fingerprint density at radius 1 is 1.23 bits per heavy atom. The van der Waals surface area contributed by atoms with E-state index in [1.807, 2.05) is 41.5 Å². The van der Waals surface area contributed by atoms with Gasteiger partial charge in [-0.05, 0) is 72.1 Å². The number of aliphatic hydroxyl groups is 1. The number of carbonyl (C=O) groups excluding carboxylic acids is 1. The van der Waals surface area contributed by atoms with Crippen molar-refractivity contribution in [2.24, 2.45) is 5.92 Å². The van der Waals surface area contributed by atoms with Crippen LogP contribution in [0.3, 0.4) is 0 Å². The van der Waals surface area contributed by atoms with Crippen LogP contribution in [0.2, 0.25) is 0 Å². The zero-order chi connectivity index (χ0) is 19.9. The highest BCUT2D eigenvalue weighted by atomic mass is 19.1. The lowest BCUT2D eigenvalue weighted by molar-refractivity contribution is 0.0151. The van der Waals surface area contributed by atoms with Crippen LogP contribution in [0.4, 0.5) is 13.6 Å². The molecule has 1 fully saturated rings. The summed E-state index contributed by atoms with van der Waals surface area (Å²) in [5.74, 6) is -1.37. The number of hydrogen-bond acceptors (Lipinski definition) is 3. The maximum Gasteiger partial charge on any atom is 0.410 e. The van der Waals surface area contributed by atoms with E-state index in [1.165, 1.54) is 0 Å². The SMILES string of the molecule is CC(C)(C)N(C(=O)OC[C@@]1(c2cc(F)ccc2F)C[C@H]1CO)C(C)(C)C. The highest BCUT2D eigenvalue weighted by Gasteiger charge is 2.57. The number of nitrogens with zero attached hydrogens (tertiary/aromatic N) is 1. The first kappa shape index (κ1) is 20.6. The summed E-state index contributed by atoms with van der Waals surface area (Å²) in [5.41, 5.74) is -1.65. The number of benzene rings is 1. The van der Waals surface area contributed by atoms with Crippen molar-refractivity contribution in [2.75, 3.05) is 13.2 Å². The Kier molecular flexibility index (Phi) is 5.39. The van der Waals surface area contributed by atoms with Gasteiger partial charge in [0.2, 0.25) is 0 Å². The summed E-state index contributed by atoms with van der Waals surface area (Å²) in [6.45, 7) is 11.2. The number of hydrogen-bond donors (Lipinski definition) is 1. The van der Waals surface area contributed by atoms with Crippen LogP contribution in [0, 0.1) is 17.6 Å². The van der Waals surface area contributed by atoms with E-state index >= 15 is 0 Å². The van der Waals surface area contributed by atoms with Gasteiger partial charge in [0.05, 0.1) is 0 Å². The lowest BCUT2D eigenvalue weighted by Crippen LogP contribution is -2.56. The summed E-state index contributed by atoms with van der Waals surface area (Å²) in [6, 6.07) is 3.25. The molecule has 6 heteroatoms. The molecule has 1 saturated carbocycles. The van der Waals surface area contributed by atoms with Crippen LogP contribution < -0.4 is 0 Å². The minimum Gasteiger partial charge on any atom is -0.448 e. The molecule has 146 valence electrons. The molecule has 0 saturated heterocycles. The first-order chi connectivity index (χ1) is 11.8. The predicted octanol–water partition coefficient (Wildman–Crippen LogP) is 4.25. The summed E-state index contributed by atoms with van der Waals surface area (Å²) in [4.78, 5) is 14.4. The Morgan fingerprint density at radius 3 is 2.27 bits per heavy atom. The van der Waals surface area contributed by atoms with Gasteiger partial charge in [0, 0.05) is 28.7 Å². The van der Waals surface area contributed by atoms with E-state index in [0.29, 0.717) is 6.42 Å². The van der Waals surface area contributed by atoms with Crippen molar-refractivity contribution in [1.82, 2.24) is 4.90 Å². The van der Waals surface area contributed by atoms with Gasteiger partial charge in [-0.3, -0.25) is 4.90 Å². The van der Waals surface area contributed by atoms with E-state index < -0.39 is 34.2 Å². The van der Waals surface area contributed by atoms with Crippen LogP contribution in [-0.2, 0) is 10.2 Å². The maximum absolute atomic E-state index is 14.3. The third kappa shape index (κ3) is 4.00. The molecule has 0 aromatic heterocycles. The van der Waals surface area contributed by atoms with Gasteiger partial charge in [-0.1, -0.05) is 0 Å². The Labute approximate surface area is 154 Å². The molecule has 0 radical (unpaired) electrons. The quantitative estimate of drug-likeness (QED) is 0.863. The van der Waals surface area contributed by atoms with Crippen LogP contribution in [0.5, 0.6) is 0 Å². The summed E-state index contributed by atoms with van der Waals surface area (Å²) in [5, 5.41) is 9.53. The molecule has 1 amide bonds. The van der Waals surface area contributed by atoms with Gasteiger partial charge in [-0.15, -0.1) is 0 Å². The Morgan fingerprint density at radius 2 is 1.81 bits per heavy atom. The second kappa shape index (κ2) is 6.80. The Balaban J connectivity index is 2.25. The monoisotopic (exact) mass is 369 g/mol. The number of ether oxygens (including phenoxy) is 1. The molecule has 1 aliphatic carbocycles. The molecule has 1 aromatic rings. The van der Waals surface area contributed by atoms with Crippen LogP contribution in [0.1, 0.15) is 53.5 Å². The first-order valence-electron chi connectivity index (χ1n) is 8.86. The van der Waals surface area contributed by atoms with Gasteiger partial charge < -0.3 is 9.84 Å². The minimum atomic E-state index is -0.877. The van der Waals surface area contributed by atoms with Crippen molar-refractivity contribution < 1.29 is 23.4 Å². The number of aliphatic hydroxyl groups excluding tert-OH is 1. The van der Waals surface area contributed by atoms with Crippen molar-refractivity contribution in [2.45, 2.75) is 64.5 Å². The molecule has 4 nitrogen and oxygen atoms in total. The number of halogens is 2. The van der Waals surface area contributed by atoms with E-state index in [-0.39, 0.29) is 24.7 Å². The van der Waals surface area contributed by atoms with Crippen molar-refractivity contribution >= 4 is 6.09 Å². The highest BCUT2D eigenvalue weighted by Crippen LogP contribution is 2.55. The molecule has 0 spiro atoms. The molecule has 2 rings (SSSR count). The molecule has 1 N–H and O–H groups in total. The van der Waals surface area contributed by atoms with Crippen LogP contribution in [0.15, 0.2) is 18.2 Å². The van der Waals surface area contributed by atoms with Crippen molar-refractivity contribution in [1.29, 1.82) is 0 Å². The standard InChI is InChI=1S/C20H29F2NO3/c1-18(2,3)23(19(4,5)6)17(25)26-12-20(10-13(20)11-24)15-9-14(21)7-8-16(15)22/h7-9,13,24H,10-12H2,1-6H3/t13-,20-/m0/s1. The lowest BCUT2D eigenvalue weighted by atomic mass is 9.93. The smallest absolute Gasteiger partial charge is 0.410 e. The van der Waals surface area contributed by atoms with Crippen LogP contribution in [0.25, 0.3) is 0 Å². The van der Waals surface area contributed by atoms with E-state index in [4.69, 9.17) is 4.74 Å². The van der Waals surface area contributed by atoms with Gasteiger partial charge in [0.25, 0.3) is 0 Å². The lowest BCUT2D eigenvalue weighted by Gasteiger charge is -2.44. The second-order valence-corrected chi connectivity index (χ2v) is 9.10. The maximum atomic E-state index is 14.3. The third-order valence-electron chi connectivity index (χ3n) is 4.89. The summed E-state index contributed by atoms with van der Waals surface area (Å²) < 4.78 is 33.5. The summed E-state index contributed by atoms with van der Waals surface area (Å²) in [6.07, 6.45) is -0.0629. The zero-order valence-electron chi connectivity index (χ0n) is 16.4. The molecular weight excluding hydrogens is 340 g/mol. The van der Waals surface area contributed by atoms with Gasteiger partial charge in [-0.25, -0.2) is 13.6 Å². The normalized spacial score (nSPS) is 22.9. The van der Waals surface area contributed by atoms with Gasteiger partial charge in [-0.2, -0.15) is 0 Å².